The SMILES string of the molecule is CC1CCCCC1NC(=O)C1CCN(S(=O)(=O)c2ccc3c(c2)OCC(=O)N3)CC1. The molecule has 0 spiro atoms. The predicted octanol–water partition coefficient (Wildman–Crippen LogP) is 2.11. The van der Waals surface area contributed by atoms with Crippen LogP contribution in [0.4, 0.5) is 5.69 Å². The maximum atomic E-state index is 13.1. The van der Waals surface area contributed by atoms with Gasteiger partial charge in [-0.05, 0) is 43.7 Å². The van der Waals surface area contributed by atoms with E-state index in [1.165, 1.54) is 22.9 Å². The van der Waals surface area contributed by atoms with Crippen molar-refractivity contribution in [2.75, 3.05) is 25.0 Å². The van der Waals surface area contributed by atoms with Crippen molar-refractivity contribution in [3.63, 3.8) is 0 Å². The van der Waals surface area contributed by atoms with Gasteiger partial charge in [-0.25, -0.2) is 8.42 Å². The molecule has 1 aromatic rings. The van der Waals surface area contributed by atoms with Crippen molar-refractivity contribution in [2.24, 2.45) is 11.8 Å². The molecule has 8 nitrogen and oxygen atoms in total. The van der Waals surface area contributed by atoms with E-state index in [1.54, 1.807) is 6.07 Å². The molecular weight excluding hydrogens is 406 g/mol. The third kappa shape index (κ3) is 4.32. The zero-order valence-electron chi connectivity index (χ0n) is 17.2. The van der Waals surface area contributed by atoms with E-state index in [2.05, 4.69) is 17.6 Å². The van der Waals surface area contributed by atoms with Gasteiger partial charge in [-0.15, -0.1) is 0 Å². The maximum Gasteiger partial charge on any atom is 0.262 e. The van der Waals surface area contributed by atoms with Crippen molar-refractivity contribution in [3.05, 3.63) is 18.2 Å². The van der Waals surface area contributed by atoms with Crippen LogP contribution in [0.5, 0.6) is 5.75 Å². The summed E-state index contributed by atoms with van der Waals surface area (Å²) < 4.78 is 32.9. The Balaban J connectivity index is 1.37. The summed E-state index contributed by atoms with van der Waals surface area (Å²) in [7, 11) is -3.69. The summed E-state index contributed by atoms with van der Waals surface area (Å²) in [6.45, 7) is 2.69. The third-order valence-corrected chi connectivity index (χ3v) is 8.38. The highest BCUT2D eigenvalue weighted by atomic mass is 32.2. The van der Waals surface area contributed by atoms with E-state index < -0.39 is 10.0 Å². The number of hydrogen-bond donors (Lipinski definition) is 2. The first-order chi connectivity index (χ1) is 14.3. The number of amides is 2. The lowest BCUT2D eigenvalue weighted by molar-refractivity contribution is -0.127. The number of piperidine rings is 1. The lowest BCUT2D eigenvalue weighted by Gasteiger charge is -2.34. The van der Waals surface area contributed by atoms with Crippen LogP contribution < -0.4 is 15.4 Å². The summed E-state index contributed by atoms with van der Waals surface area (Å²) in [4.78, 5) is 24.2. The van der Waals surface area contributed by atoms with E-state index in [9.17, 15) is 18.0 Å². The topological polar surface area (TPSA) is 105 Å². The van der Waals surface area contributed by atoms with Crippen LogP contribution >= 0.6 is 0 Å². The van der Waals surface area contributed by atoms with Crippen molar-refractivity contribution < 1.29 is 22.7 Å². The Hall–Kier alpha value is -2.13. The number of nitrogens with one attached hydrogen (secondary N) is 2. The molecule has 1 saturated carbocycles. The first-order valence-corrected chi connectivity index (χ1v) is 12.2. The molecule has 1 aromatic carbocycles. The van der Waals surface area contributed by atoms with Gasteiger partial charge in [0.2, 0.25) is 15.9 Å². The minimum Gasteiger partial charge on any atom is -0.482 e. The second kappa shape index (κ2) is 8.55. The Morgan fingerprint density at radius 1 is 1.17 bits per heavy atom. The molecule has 2 aliphatic heterocycles. The number of rotatable bonds is 4. The fourth-order valence-corrected chi connectivity index (χ4v) is 6.04. The smallest absolute Gasteiger partial charge is 0.262 e. The number of anilines is 1. The van der Waals surface area contributed by atoms with Crippen LogP contribution in [0.1, 0.15) is 45.4 Å². The number of fused-ring (bicyclic) bond motifs is 1. The number of nitrogens with zero attached hydrogens (tertiary/aromatic N) is 1. The average molecular weight is 436 g/mol. The van der Waals surface area contributed by atoms with Crippen LogP contribution in [-0.2, 0) is 19.6 Å². The van der Waals surface area contributed by atoms with E-state index >= 15 is 0 Å². The summed E-state index contributed by atoms with van der Waals surface area (Å²) in [5.74, 6) is 0.503. The van der Waals surface area contributed by atoms with Gasteiger partial charge >= 0.3 is 0 Å². The summed E-state index contributed by atoms with van der Waals surface area (Å²) in [5.41, 5.74) is 0.470. The molecule has 2 fully saturated rings. The molecule has 0 bridgehead atoms. The zero-order valence-corrected chi connectivity index (χ0v) is 18.0. The molecule has 4 rings (SSSR count). The van der Waals surface area contributed by atoms with Crippen LogP contribution in [0.25, 0.3) is 0 Å². The Labute approximate surface area is 177 Å². The molecule has 2 N–H and O–H groups in total. The highest BCUT2D eigenvalue weighted by Gasteiger charge is 2.34. The van der Waals surface area contributed by atoms with Crippen LogP contribution in [0.3, 0.4) is 0 Å². The van der Waals surface area contributed by atoms with Gasteiger partial charge in [0, 0.05) is 31.1 Å². The lowest BCUT2D eigenvalue weighted by Crippen LogP contribution is -2.47. The highest BCUT2D eigenvalue weighted by molar-refractivity contribution is 7.89. The number of hydrogen-bond acceptors (Lipinski definition) is 5. The van der Waals surface area contributed by atoms with Gasteiger partial charge < -0.3 is 15.4 Å². The van der Waals surface area contributed by atoms with Gasteiger partial charge in [-0.2, -0.15) is 4.31 Å². The Kier molecular flexibility index (Phi) is 6.02. The fraction of sp³-hybridized carbons (Fsp3) is 0.619. The number of sulfonamides is 1. The zero-order chi connectivity index (χ0) is 21.3. The Bertz CT molecular complexity index is 925. The number of benzene rings is 1. The second-order valence-corrected chi connectivity index (χ2v) is 10.5. The minimum atomic E-state index is -3.69. The van der Waals surface area contributed by atoms with Gasteiger partial charge in [0.15, 0.2) is 6.61 Å². The summed E-state index contributed by atoms with van der Waals surface area (Å²) in [6.07, 6.45) is 5.59. The molecule has 2 heterocycles. The molecule has 2 unspecified atom stereocenters. The number of carbonyl (C=O) groups is 2. The van der Waals surface area contributed by atoms with E-state index in [-0.39, 0.29) is 35.3 Å². The predicted molar refractivity (Wildman–Crippen MR) is 112 cm³/mol. The van der Waals surface area contributed by atoms with Crippen molar-refractivity contribution >= 4 is 27.5 Å². The van der Waals surface area contributed by atoms with E-state index in [0.717, 1.165) is 19.3 Å². The molecule has 0 radical (unpaired) electrons. The first kappa shape index (κ1) is 21.1. The van der Waals surface area contributed by atoms with E-state index in [0.29, 0.717) is 43.3 Å². The molecule has 1 saturated heterocycles. The molecule has 9 heteroatoms. The molecule has 1 aliphatic carbocycles. The largest absolute Gasteiger partial charge is 0.482 e. The van der Waals surface area contributed by atoms with Gasteiger partial charge in [0.05, 0.1) is 10.6 Å². The monoisotopic (exact) mass is 435 g/mol. The molecule has 0 aromatic heterocycles. The Morgan fingerprint density at radius 2 is 1.90 bits per heavy atom. The molecule has 164 valence electrons. The van der Waals surface area contributed by atoms with Gasteiger partial charge in [0.1, 0.15) is 5.75 Å². The summed E-state index contributed by atoms with van der Waals surface area (Å²) >= 11 is 0. The molecule has 2 atom stereocenters. The normalized spacial score (nSPS) is 25.7. The maximum absolute atomic E-state index is 13.1. The quantitative estimate of drug-likeness (QED) is 0.754. The highest BCUT2D eigenvalue weighted by Crippen LogP contribution is 2.32. The van der Waals surface area contributed by atoms with Gasteiger partial charge in [0.25, 0.3) is 5.91 Å². The van der Waals surface area contributed by atoms with Crippen LogP contribution in [0.2, 0.25) is 0 Å². The van der Waals surface area contributed by atoms with Crippen LogP contribution in [0, 0.1) is 11.8 Å². The van der Waals surface area contributed by atoms with Crippen molar-refractivity contribution in [2.45, 2.75) is 56.4 Å². The van der Waals surface area contributed by atoms with E-state index in [1.807, 2.05) is 0 Å². The van der Waals surface area contributed by atoms with Crippen LogP contribution in [0.15, 0.2) is 23.1 Å². The molecule has 2 amide bonds. The summed E-state index contributed by atoms with van der Waals surface area (Å²) in [6, 6.07) is 4.72. The number of carbonyl (C=O) groups excluding carboxylic acids is 2. The van der Waals surface area contributed by atoms with Gasteiger partial charge in [-0.1, -0.05) is 19.8 Å². The average Bonchev–Trinajstić information content (AvgIpc) is 2.75. The Morgan fingerprint density at radius 3 is 2.63 bits per heavy atom. The lowest BCUT2D eigenvalue weighted by atomic mass is 9.85. The standard InChI is InChI=1S/C21H29N3O5S/c1-14-4-2-3-5-17(14)23-21(26)15-8-10-24(11-9-15)30(27,28)16-6-7-18-19(12-16)29-13-20(25)22-18/h6-7,12,14-15,17H,2-5,8-11,13H2,1H3,(H,22,25)(H,23,26). The molecule has 3 aliphatic rings. The third-order valence-electron chi connectivity index (χ3n) is 6.49. The number of ether oxygens (including phenoxy) is 1. The van der Waals surface area contributed by atoms with Crippen molar-refractivity contribution in [3.8, 4) is 5.75 Å². The van der Waals surface area contributed by atoms with Gasteiger partial charge in [-0.3, -0.25) is 9.59 Å². The summed E-state index contributed by atoms with van der Waals surface area (Å²) in [5, 5.41) is 5.86. The van der Waals surface area contributed by atoms with Crippen LogP contribution in [-0.4, -0.2) is 50.3 Å². The minimum absolute atomic E-state index is 0.0590. The fourth-order valence-electron chi connectivity index (χ4n) is 4.55. The first-order valence-electron chi connectivity index (χ1n) is 10.7. The second-order valence-electron chi connectivity index (χ2n) is 8.55. The molecule has 30 heavy (non-hydrogen) atoms. The molecular formula is C21H29N3O5S. The van der Waals surface area contributed by atoms with E-state index in [4.69, 9.17) is 4.74 Å². The van der Waals surface area contributed by atoms with Crippen molar-refractivity contribution in [1.29, 1.82) is 0 Å². The van der Waals surface area contributed by atoms with Crippen molar-refractivity contribution in [1.82, 2.24) is 9.62 Å².